The number of nitrogens with zero attached hydrogens (tertiary/aromatic N) is 2. The van der Waals surface area contributed by atoms with E-state index >= 15 is 0 Å². The lowest BCUT2D eigenvalue weighted by molar-refractivity contribution is 0.457. The van der Waals surface area contributed by atoms with Crippen molar-refractivity contribution in [2.75, 3.05) is 11.9 Å². The van der Waals surface area contributed by atoms with Gasteiger partial charge in [-0.05, 0) is 26.0 Å². The molecule has 0 radical (unpaired) electrons. The molecule has 0 spiro atoms. The maximum atomic E-state index is 5.82. The van der Waals surface area contributed by atoms with Crippen molar-refractivity contribution >= 4 is 5.82 Å². The van der Waals surface area contributed by atoms with Gasteiger partial charge in [-0.3, -0.25) is 0 Å². The van der Waals surface area contributed by atoms with Gasteiger partial charge in [-0.25, -0.2) is 4.98 Å². The fourth-order valence-electron chi connectivity index (χ4n) is 1.75. The van der Waals surface area contributed by atoms with Crippen LogP contribution < -0.4 is 10.1 Å². The summed E-state index contributed by atoms with van der Waals surface area (Å²) in [5.74, 6) is 3.20. The van der Waals surface area contributed by atoms with E-state index in [0.717, 1.165) is 23.9 Å². The first kappa shape index (κ1) is 14.3. The molecule has 0 aliphatic carbocycles. The third-order valence-electron chi connectivity index (χ3n) is 2.84. The van der Waals surface area contributed by atoms with Crippen molar-refractivity contribution in [1.82, 2.24) is 9.97 Å². The lowest BCUT2D eigenvalue weighted by Gasteiger charge is -2.11. The number of ether oxygens (including phenoxy) is 1. The van der Waals surface area contributed by atoms with Crippen LogP contribution in [0.15, 0.2) is 30.3 Å². The molecule has 2 rings (SSSR count). The SMILES string of the molecule is CCNc1cc(Oc2ccc(C)cc2)nc(C(C)C)n1. The average molecular weight is 271 g/mol. The van der Waals surface area contributed by atoms with E-state index in [9.17, 15) is 0 Å². The Bertz CT molecular complexity index is 564. The smallest absolute Gasteiger partial charge is 0.224 e. The zero-order valence-electron chi connectivity index (χ0n) is 12.5. The molecule has 1 N–H and O–H groups in total. The monoisotopic (exact) mass is 271 g/mol. The molecule has 0 amide bonds. The first-order valence-corrected chi connectivity index (χ1v) is 6.96. The van der Waals surface area contributed by atoms with Gasteiger partial charge in [-0.15, -0.1) is 0 Å². The fraction of sp³-hybridized carbons (Fsp3) is 0.375. The molecule has 0 aliphatic heterocycles. The molecule has 1 aromatic heterocycles. The van der Waals surface area contributed by atoms with Crippen molar-refractivity contribution in [3.05, 3.63) is 41.7 Å². The number of aryl methyl sites for hydroxylation is 1. The Morgan fingerprint density at radius 3 is 2.45 bits per heavy atom. The number of rotatable bonds is 5. The minimum absolute atomic E-state index is 0.258. The van der Waals surface area contributed by atoms with Crippen LogP contribution in [0.2, 0.25) is 0 Å². The molecule has 106 valence electrons. The predicted molar refractivity (Wildman–Crippen MR) is 81.5 cm³/mol. The molecule has 2 aromatic rings. The number of benzene rings is 1. The quantitative estimate of drug-likeness (QED) is 0.888. The first-order valence-electron chi connectivity index (χ1n) is 6.96. The number of aromatic nitrogens is 2. The Labute approximate surface area is 120 Å². The molecule has 1 aromatic carbocycles. The maximum absolute atomic E-state index is 5.82. The van der Waals surface area contributed by atoms with Crippen LogP contribution in [0, 0.1) is 6.92 Å². The van der Waals surface area contributed by atoms with Crippen LogP contribution in [-0.4, -0.2) is 16.5 Å². The second-order valence-electron chi connectivity index (χ2n) is 5.05. The third-order valence-corrected chi connectivity index (χ3v) is 2.84. The minimum Gasteiger partial charge on any atom is -0.439 e. The van der Waals surface area contributed by atoms with E-state index in [-0.39, 0.29) is 5.92 Å². The van der Waals surface area contributed by atoms with Crippen molar-refractivity contribution in [1.29, 1.82) is 0 Å². The summed E-state index contributed by atoms with van der Waals surface area (Å²) in [4.78, 5) is 8.94. The molecule has 1 heterocycles. The van der Waals surface area contributed by atoms with Crippen LogP contribution in [0.4, 0.5) is 5.82 Å². The molecule has 4 heteroatoms. The second kappa shape index (κ2) is 6.37. The third kappa shape index (κ3) is 3.70. The summed E-state index contributed by atoms with van der Waals surface area (Å²) in [6.45, 7) is 9.05. The van der Waals surface area contributed by atoms with E-state index in [1.165, 1.54) is 5.56 Å². The van der Waals surface area contributed by atoms with Crippen molar-refractivity contribution < 1.29 is 4.74 Å². The molecule has 4 nitrogen and oxygen atoms in total. The van der Waals surface area contributed by atoms with Crippen LogP contribution in [0.3, 0.4) is 0 Å². The van der Waals surface area contributed by atoms with Crippen LogP contribution in [0.25, 0.3) is 0 Å². The number of nitrogens with one attached hydrogen (secondary N) is 1. The van der Waals surface area contributed by atoms with Gasteiger partial charge in [-0.2, -0.15) is 4.98 Å². The van der Waals surface area contributed by atoms with Crippen molar-refractivity contribution in [3.63, 3.8) is 0 Å². The topological polar surface area (TPSA) is 47.0 Å². The van der Waals surface area contributed by atoms with Gasteiger partial charge < -0.3 is 10.1 Å². The van der Waals surface area contributed by atoms with Gasteiger partial charge in [0, 0.05) is 18.5 Å². The molecular weight excluding hydrogens is 250 g/mol. The summed E-state index contributed by atoms with van der Waals surface area (Å²) in [5.41, 5.74) is 1.20. The molecule has 0 saturated heterocycles. The van der Waals surface area contributed by atoms with Crippen LogP contribution in [0.1, 0.15) is 38.1 Å². The number of hydrogen-bond acceptors (Lipinski definition) is 4. The Kier molecular flexibility index (Phi) is 4.56. The highest BCUT2D eigenvalue weighted by Gasteiger charge is 2.09. The van der Waals surface area contributed by atoms with E-state index in [2.05, 4.69) is 36.1 Å². The first-order chi connectivity index (χ1) is 9.58. The Morgan fingerprint density at radius 1 is 1.15 bits per heavy atom. The molecule has 20 heavy (non-hydrogen) atoms. The molecule has 0 unspecified atom stereocenters. The van der Waals surface area contributed by atoms with Crippen molar-refractivity contribution in [3.8, 4) is 11.6 Å². The van der Waals surface area contributed by atoms with E-state index in [4.69, 9.17) is 4.74 Å². The maximum Gasteiger partial charge on any atom is 0.224 e. The van der Waals surface area contributed by atoms with Gasteiger partial charge in [0.05, 0.1) is 0 Å². The van der Waals surface area contributed by atoms with Gasteiger partial charge in [0.15, 0.2) is 0 Å². The van der Waals surface area contributed by atoms with E-state index in [1.807, 2.05) is 37.3 Å². The molecule has 0 fully saturated rings. The van der Waals surface area contributed by atoms with Gasteiger partial charge in [0.25, 0.3) is 0 Å². The zero-order chi connectivity index (χ0) is 14.5. The van der Waals surface area contributed by atoms with Crippen molar-refractivity contribution in [2.45, 2.75) is 33.6 Å². The highest BCUT2D eigenvalue weighted by molar-refractivity contribution is 5.40. The minimum atomic E-state index is 0.258. The second-order valence-corrected chi connectivity index (χ2v) is 5.05. The zero-order valence-corrected chi connectivity index (χ0v) is 12.5. The lowest BCUT2D eigenvalue weighted by Crippen LogP contribution is -2.05. The Balaban J connectivity index is 2.27. The van der Waals surface area contributed by atoms with Crippen LogP contribution >= 0.6 is 0 Å². The Hall–Kier alpha value is -2.10. The lowest BCUT2D eigenvalue weighted by atomic mass is 10.2. The summed E-state index contributed by atoms with van der Waals surface area (Å²) in [6.07, 6.45) is 0. The standard InChI is InChI=1S/C16H21N3O/c1-5-17-14-10-15(19-16(18-14)11(2)3)20-13-8-6-12(4)7-9-13/h6-11H,5H2,1-4H3,(H,17,18,19). The van der Waals surface area contributed by atoms with Crippen LogP contribution in [0.5, 0.6) is 11.6 Å². The Morgan fingerprint density at radius 2 is 1.85 bits per heavy atom. The number of hydrogen-bond donors (Lipinski definition) is 1. The average Bonchev–Trinajstić information content (AvgIpc) is 2.41. The predicted octanol–water partition coefficient (Wildman–Crippen LogP) is 4.13. The molecular formula is C16H21N3O. The molecule has 0 bridgehead atoms. The van der Waals surface area contributed by atoms with Crippen LogP contribution in [-0.2, 0) is 0 Å². The van der Waals surface area contributed by atoms with E-state index in [0.29, 0.717) is 5.88 Å². The fourth-order valence-corrected chi connectivity index (χ4v) is 1.75. The van der Waals surface area contributed by atoms with Gasteiger partial charge in [-0.1, -0.05) is 31.5 Å². The molecule has 0 aliphatic rings. The van der Waals surface area contributed by atoms with E-state index in [1.54, 1.807) is 0 Å². The highest BCUT2D eigenvalue weighted by atomic mass is 16.5. The largest absolute Gasteiger partial charge is 0.439 e. The summed E-state index contributed by atoms with van der Waals surface area (Å²) in [6, 6.07) is 9.75. The van der Waals surface area contributed by atoms with E-state index < -0.39 is 0 Å². The van der Waals surface area contributed by atoms with Gasteiger partial charge in [0.1, 0.15) is 17.4 Å². The molecule has 0 saturated carbocycles. The summed E-state index contributed by atoms with van der Waals surface area (Å²) < 4.78 is 5.82. The summed E-state index contributed by atoms with van der Waals surface area (Å²) in [5, 5.41) is 3.21. The van der Waals surface area contributed by atoms with Gasteiger partial charge >= 0.3 is 0 Å². The molecule has 0 atom stereocenters. The normalized spacial score (nSPS) is 10.7. The summed E-state index contributed by atoms with van der Waals surface area (Å²) >= 11 is 0. The van der Waals surface area contributed by atoms with Gasteiger partial charge in [0.2, 0.25) is 5.88 Å². The highest BCUT2D eigenvalue weighted by Crippen LogP contribution is 2.24. The number of anilines is 1. The summed E-state index contributed by atoms with van der Waals surface area (Å²) in [7, 11) is 0. The van der Waals surface area contributed by atoms with Crippen molar-refractivity contribution in [2.24, 2.45) is 0 Å².